The highest BCUT2D eigenvalue weighted by Gasteiger charge is 2.19. The highest BCUT2D eigenvalue weighted by molar-refractivity contribution is 5.74. The van der Waals surface area contributed by atoms with Gasteiger partial charge in [-0.05, 0) is 32.8 Å². The minimum Gasteiger partial charge on any atom is -0.394 e. The van der Waals surface area contributed by atoms with Gasteiger partial charge in [0.15, 0.2) is 0 Å². The highest BCUT2D eigenvalue weighted by Crippen LogP contribution is 2.20. The molecule has 3 N–H and O–H groups in total. The Morgan fingerprint density at radius 3 is 2.52 bits per heavy atom. The molecule has 1 unspecified atom stereocenters. The molecule has 124 valence electrons. The summed E-state index contributed by atoms with van der Waals surface area (Å²) in [6, 6.07) is 8.85. The van der Waals surface area contributed by atoms with E-state index in [0.29, 0.717) is 12.2 Å². The number of benzene rings is 1. The van der Waals surface area contributed by atoms with Crippen molar-refractivity contribution in [1.82, 2.24) is 15.8 Å². The number of carbonyl (C=O) groups excluding carboxylic acids is 1. The van der Waals surface area contributed by atoms with Gasteiger partial charge in [-0.15, -0.1) is 0 Å². The van der Waals surface area contributed by atoms with Crippen molar-refractivity contribution in [2.75, 3.05) is 6.61 Å². The monoisotopic (exact) mass is 317 g/mol. The predicted molar refractivity (Wildman–Crippen MR) is 87.1 cm³/mol. The van der Waals surface area contributed by atoms with Crippen LogP contribution in [0.3, 0.4) is 0 Å². The molecule has 0 radical (unpaired) electrons. The molecule has 1 aromatic carbocycles. The second-order valence-corrected chi connectivity index (χ2v) is 5.65. The van der Waals surface area contributed by atoms with Crippen LogP contribution in [0.2, 0.25) is 0 Å². The zero-order chi connectivity index (χ0) is 16.8. The van der Waals surface area contributed by atoms with Crippen molar-refractivity contribution in [3.8, 4) is 0 Å². The number of hydrogen-bond acceptors (Lipinski definition) is 4. The maximum absolute atomic E-state index is 12.1. The first-order valence-electron chi connectivity index (χ1n) is 7.65. The lowest BCUT2D eigenvalue weighted by Gasteiger charge is -2.19. The number of aliphatic hydroxyl groups is 1. The fourth-order valence-electron chi connectivity index (χ4n) is 2.66. The number of aliphatic hydroxyl groups excluding tert-OH is 1. The maximum Gasteiger partial charge on any atom is 0.315 e. The summed E-state index contributed by atoms with van der Waals surface area (Å²) < 4.78 is 5.12. The molecular formula is C17H23N3O3. The molecule has 0 spiro atoms. The van der Waals surface area contributed by atoms with Crippen molar-refractivity contribution in [2.45, 2.75) is 39.3 Å². The molecule has 2 atom stereocenters. The van der Waals surface area contributed by atoms with Crippen LogP contribution in [-0.4, -0.2) is 28.9 Å². The largest absolute Gasteiger partial charge is 0.394 e. The molecule has 23 heavy (non-hydrogen) atoms. The number of rotatable bonds is 6. The number of urea groups is 1. The fourth-order valence-corrected chi connectivity index (χ4v) is 2.66. The van der Waals surface area contributed by atoms with E-state index in [4.69, 9.17) is 4.52 Å². The summed E-state index contributed by atoms with van der Waals surface area (Å²) in [6.07, 6.45) is 0.574. The van der Waals surface area contributed by atoms with Crippen molar-refractivity contribution in [3.05, 3.63) is 52.9 Å². The summed E-state index contributed by atoms with van der Waals surface area (Å²) in [6.45, 7) is 5.41. The molecule has 6 heteroatoms. The standard InChI is InChI=1S/C17H23N3O3/c1-11(16-12(2)20-23-13(16)3)18-17(22)19-15(10-21)9-14-7-5-4-6-8-14/h4-8,11,15,21H,9-10H2,1-3H3,(H2,18,19,22)/t11?,15-/m0/s1. The molecule has 0 aliphatic rings. The van der Waals surface area contributed by atoms with E-state index in [1.165, 1.54) is 0 Å². The van der Waals surface area contributed by atoms with Crippen molar-refractivity contribution in [2.24, 2.45) is 0 Å². The molecule has 2 amide bonds. The average Bonchev–Trinajstić information content (AvgIpc) is 2.86. The Kier molecular flexibility index (Phi) is 5.76. The molecule has 2 rings (SSSR count). The predicted octanol–water partition coefficient (Wildman–Crippen LogP) is 2.26. The van der Waals surface area contributed by atoms with E-state index < -0.39 is 0 Å². The van der Waals surface area contributed by atoms with Crippen LogP contribution in [0.1, 0.15) is 35.5 Å². The topological polar surface area (TPSA) is 87.4 Å². The molecule has 0 aliphatic heterocycles. The molecule has 0 aliphatic carbocycles. The van der Waals surface area contributed by atoms with Crippen LogP contribution in [0.25, 0.3) is 0 Å². The quantitative estimate of drug-likeness (QED) is 0.762. The molecule has 1 heterocycles. The molecule has 0 fully saturated rings. The first kappa shape index (κ1) is 17.0. The Bertz CT molecular complexity index is 620. The van der Waals surface area contributed by atoms with Gasteiger partial charge in [0, 0.05) is 5.56 Å². The molecule has 0 saturated heterocycles. The second kappa shape index (κ2) is 7.78. The summed E-state index contributed by atoms with van der Waals surface area (Å²) in [4.78, 5) is 12.1. The van der Waals surface area contributed by atoms with Gasteiger partial charge in [-0.3, -0.25) is 0 Å². The van der Waals surface area contributed by atoms with Gasteiger partial charge < -0.3 is 20.3 Å². The Labute approximate surface area is 135 Å². The summed E-state index contributed by atoms with van der Waals surface area (Å²) in [7, 11) is 0. The van der Waals surface area contributed by atoms with Crippen LogP contribution in [0, 0.1) is 13.8 Å². The van der Waals surface area contributed by atoms with E-state index >= 15 is 0 Å². The normalized spacial score (nSPS) is 13.4. The summed E-state index contributed by atoms with van der Waals surface area (Å²) in [5, 5.41) is 19.0. The molecule has 6 nitrogen and oxygen atoms in total. The Morgan fingerprint density at radius 2 is 1.96 bits per heavy atom. The van der Waals surface area contributed by atoms with Crippen molar-refractivity contribution in [1.29, 1.82) is 0 Å². The molecular weight excluding hydrogens is 294 g/mol. The van der Waals surface area contributed by atoms with Gasteiger partial charge in [-0.25, -0.2) is 4.79 Å². The van der Waals surface area contributed by atoms with Gasteiger partial charge in [-0.2, -0.15) is 0 Å². The minimum absolute atomic E-state index is 0.123. The maximum atomic E-state index is 12.1. The summed E-state index contributed by atoms with van der Waals surface area (Å²) >= 11 is 0. The van der Waals surface area contributed by atoms with Crippen molar-refractivity contribution >= 4 is 6.03 Å². The molecule has 1 aromatic heterocycles. The van der Waals surface area contributed by atoms with Gasteiger partial charge in [-0.1, -0.05) is 35.5 Å². The Morgan fingerprint density at radius 1 is 1.26 bits per heavy atom. The zero-order valence-corrected chi connectivity index (χ0v) is 13.7. The fraction of sp³-hybridized carbons (Fsp3) is 0.412. The number of aryl methyl sites for hydroxylation is 2. The molecule has 0 saturated carbocycles. The molecule has 0 bridgehead atoms. The third-order valence-electron chi connectivity index (χ3n) is 3.75. The average molecular weight is 317 g/mol. The first-order valence-corrected chi connectivity index (χ1v) is 7.65. The minimum atomic E-state index is -0.339. The number of nitrogens with one attached hydrogen (secondary N) is 2. The lowest BCUT2D eigenvalue weighted by atomic mass is 10.1. The summed E-state index contributed by atoms with van der Waals surface area (Å²) in [5.41, 5.74) is 2.70. The van der Waals surface area contributed by atoms with Gasteiger partial charge in [0.1, 0.15) is 5.76 Å². The van der Waals surface area contributed by atoms with E-state index in [1.54, 1.807) is 0 Å². The number of aromatic nitrogens is 1. The lowest BCUT2D eigenvalue weighted by molar-refractivity contribution is 0.213. The van der Waals surface area contributed by atoms with E-state index in [2.05, 4.69) is 15.8 Å². The van der Waals surface area contributed by atoms with Gasteiger partial charge in [0.2, 0.25) is 0 Å². The summed E-state index contributed by atoms with van der Waals surface area (Å²) in [5.74, 6) is 0.693. The van der Waals surface area contributed by atoms with Gasteiger partial charge >= 0.3 is 6.03 Å². The Hall–Kier alpha value is -2.34. The van der Waals surface area contributed by atoms with Crippen LogP contribution >= 0.6 is 0 Å². The molecule has 2 aromatic rings. The van der Waals surface area contributed by atoms with E-state index in [-0.39, 0.29) is 24.7 Å². The van der Waals surface area contributed by atoms with Crippen molar-refractivity contribution in [3.63, 3.8) is 0 Å². The smallest absolute Gasteiger partial charge is 0.315 e. The number of nitrogens with zero attached hydrogens (tertiary/aromatic N) is 1. The van der Waals surface area contributed by atoms with Crippen LogP contribution in [0.5, 0.6) is 0 Å². The van der Waals surface area contributed by atoms with E-state index in [1.807, 2.05) is 51.1 Å². The second-order valence-electron chi connectivity index (χ2n) is 5.65. The SMILES string of the molecule is Cc1noc(C)c1C(C)NC(=O)N[C@H](CO)Cc1ccccc1. The lowest BCUT2D eigenvalue weighted by Crippen LogP contribution is -2.45. The first-order chi connectivity index (χ1) is 11.0. The third-order valence-corrected chi connectivity index (χ3v) is 3.75. The van der Waals surface area contributed by atoms with Crippen LogP contribution in [-0.2, 0) is 6.42 Å². The van der Waals surface area contributed by atoms with E-state index in [9.17, 15) is 9.90 Å². The van der Waals surface area contributed by atoms with Crippen LogP contribution in [0.15, 0.2) is 34.9 Å². The third kappa shape index (κ3) is 4.56. The van der Waals surface area contributed by atoms with E-state index in [0.717, 1.165) is 16.8 Å². The number of amides is 2. The van der Waals surface area contributed by atoms with Crippen LogP contribution in [0.4, 0.5) is 4.79 Å². The van der Waals surface area contributed by atoms with Gasteiger partial charge in [0.05, 0.1) is 24.4 Å². The Balaban J connectivity index is 1.92. The highest BCUT2D eigenvalue weighted by atomic mass is 16.5. The van der Waals surface area contributed by atoms with Gasteiger partial charge in [0.25, 0.3) is 0 Å². The van der Waals surface area contributed by atoms with Crippen molar-refractivity contribution < 1.29 is 14.4 Å². The number of carbonyl (C=O) groups is 1. The van der Waals surface area contributed by atoms with Crippen LogP contribution < -0.4 is 10.6 Å². The number of hydrogen-bond donors (Lipinski definition) is 3. The zero-order valence-electron chi connectivity index (χ0n) is 13.7.